The van der Waals surface area contributed by atoms with E-state index >= 15 is 0 Å². The van der Waals surface area contributed by atoms with Crippen molar-refractivity contribution in [2.24, 2.45) is 0 Å². The monoisotopic (exact) mass is 295 g/mol. The molecule has 0 unspecified atom stereocenters. The predicted octanol–water partition coefficient (Wildman–Crippen LogP) is 3.27. The number of hydrogen-bond donors (Lipinski definition) is 1. The second kappa shape index (κ2) is 6.39. The molecular formula is C17H17N3O2. The minimum atomic E-state index is -0.425. The SMILES string of the molecule is CCCc1cc(C(=O)OCc2cccc3cccnc23)n[nH]1. The number of ether oxygens (including phenoxy) is 1. The third kappa shape index (κ3) is 2.98. The maximum atomic E-state index is 12.0. The molecule has 0 fully saturated rings. The first-order valence-electron chi connectivity index (χ1n) is 7.32. The number of nitrogens with one attached hydrogen (secondary N) is 1. The van der Waals surface area contributed by atoms with Crippen molar-refractivity contribution < 1.29 is 9.53 Å². The van der Waals surface area contributed by atoms with Crippen LogP contribution < -0.4 is 0 Å². The van der Waals surface area contributed by atoms with Gasteiger partial charge < -0.3 is 4.74 Å². The van der Waals surface area contributed by atoms with Crippen molar-refractivity contribution >= 4 is 16.9 Å². The third-order valence-electron chi connectivity index (χ3n) is 3.43. The zero-order valence-electron chi connectivity index (χ0n) is 12.4. The fourth-order valence-electron chi connectivity index (χ4n) is 2.36. The number of aryl methyl sites for hydroxylation is 1. The smallest absolute Gasteiger partial charge is 0.359 e. The lowest BCUT2D eigenvalue weighted by Crippen LogP contribution is -2.06. The molecule has 0 aliphatic carbocycles. The molecule has 1 N–H and O–H groups in total. The largest absolute Gasteiger partial charge is 0.456 e. The average molecular weight is 295 g/mol. The second-order valence-corrected chi connectivity index (χ2v) is 5.10. The summed E-state index contributed by atoms with van der Waals surface area (Å²) < 4.78 is 5.35. The Hall–Kier alpha value is -2.69. The van der Waals surface area contributed by atoms with Gasteiger partial charge in [0.1, 0.15) is 6.61 Å². The first kappa shape index (κ1) is 14.3. The van der Waals surface area contributed by atoms with Crippen molar-refractivity contribution in [2.45, 2.75) is 26.4 Å². The summed E-state index contributed by atoms with van der Waals surface area (Å²) in [6.07, 6.45) is 3.60. The van der Waals surface area contributed by atoms with Crippen LogP contribution in [0.25, 0.3) is 10.9 Å². The average Bonchev–Trinajstić information content (AvgIpc) is 3.02. The van der Waals surface area contributed by atoms with Gasteiger partial charge in [0.2, 0.25) is 0 Å². The van der Waals surface area contributed by atoms with Crippen LogP contribution >= 0.6 is 0 Å². The van der Waals surface area contributed by atoms with Crippen molar-refractivity contribution in [1.82, 2.24) is 15.2 Å². The number of benzene rings is 1. The topological polar surface area (TPSA) is 67.9 Å². The van der Waals surface area contributed by atoms with E-state index in [4.69, 9.17) is 4.74 Å². The van der Waals surface area contributed by atoms with E-state index in [2.05, 4.69) is 22.1 Å². The van der Waals surface area contributed by atoms with Crippen LogP contribution in [0.3, 0.4) is 0 Å². The molecule has 0 amide bonds. The fraction of sp³-hybridized carbons (Fsp3) is 0.235. The Labute approximate surface area is 128 Å². The minimum Gasteiger partial charge on any atom is -0.456 e. The fourth-order valence-corrected chi connectivity index (χ4v) is 2.36. The van der Waals surface area contributed by atoms with E-state index in [1.807, 2.05) is 30.3 Å². The van der Waals surface area contributed by atoms with Gasteiger partial charge in [-0.05, 0) is 18.6 Å². The second-order valence-electron chi connectivity index (χ2n) is 5.10. The Morgan fingerprint density at radius 2 is 2.14 bits per heavy atom. The summed E-state index contributed by atoms with van der Waals surface area (Å²) in [5.74, 6) is -0.425. The number of rotatable bonds is 5. The van der Waals surface area contributed by atoms with Gasteiger partial charge in [0.15, 0.2) is 5.69 Å². The first-order valence-corrected chi connectivity index (χ1v) is 7.32. The number of carbonyl (C=O) groups excluding carboxylic acids is 1. The van der Waals surface area contributed by atoms with Gasteiger partial charge in [0.05, 0.1) is 5.52 Å². The van der Waals surface area contributed by atoms with Gasteiger partial charge in [-0.15, -0.1) is 0 Å². The summed E-state index contributed by atoms with van der Waals surface area (Å²) in [4.78, 5) is 16.4. The highest BCUT2D eigenvalue weighted by Crippen LogP contribution is 2.17. The van der Waals surface area contributed by atoms with Crippen molar-refractivity contribution in [3.05, 3.63) is 59.5 Å². The van der Waals surface area contributed by atoms with Crippen molar-refractivity contribution in [3.8, 4) is 0 Å². The summed E-state index contributed by atoms with van der Waals surface area (Å²) in [5, 5.41) is 7.88. The zero-order valence-corrected chi connectivity index (χ0v) is 12.4. The van der Waals surface area contributed by atoms with Gasteiger partial charge >= 0.3 is 5.97 Å². The summed E-state index contributed by atoms with van der Waals surface area (Å²) in [5.41, 5.74) is 3.00. The van der Waals surface area contributed by atoms with E-state index < -0.39 is 5.97 Å². The Kier molecular flexibility index (Phi) is 4.14. The normalized spacial score (nSPS) is 10.8. The predicted molar refractivity (Wildman–Crippen MR) is 83.4 cm³/mol. The van der Waals surface area contributed by atoms with E-state index in [0.717, 1.165) is 35.0 Å². The molecule has 0 bridgehead atoms. The number of aromatic nitrogens is 3. The number of H-pyrrole nitrogens is 1. The molecule has 2 heterocycles. The molecule has 112 valence electrons. The van der Waals surface area contributed by atoms with E-state index in [-0.39, 0.29) is 6.61 Å². The Bertz CT molecular complexity index is 790. The quantitative estimate of drug-likeness (QED) is 0.734. The van der Waals surface area contributed by atoms with E-state index in [0.29, 0.717) is 5.69 Å². The summed E-state index contributed by atoms with van der Waals surface area (Å²) >= 11 is 0. The summed E-state index contributed by atoms with van der Waals surface area (Å²) in [7, 11) is 0. The molecular weight excluding hydrogens is 278 g/mol. The standard InChI is InChI=1S/C17H17N3O2/c1-2-5-14-10-15(20-19-14)17(21)22-11-13-7-3-6-12-8-4-9-18-16(12)13/h3-4,6-10H,2,5,11H2,1H3,(H,19,20). The molecule has 5 heteroatoms. The summed E-state index contributed by atoms with van der Waals surface area (Å²) in [6.45, 7) is 2.26. The molecule has 0 aliphatic rings. The Balaban J connectivity index is 1.72. The maximum Gasteiger partial charge on any atom is 0.359 e. The van der Waals surface area contributed by atoms with Crippen LogP contribution in [-0.4, -0.2) is 21.2 Å². The third-order valence-corrected chi connectivity index (χ3v) is 3.43. The number of hydrogen-bond acceptors (Lipinski definition) is 4. The van der Waals surface area contributed by atoms with Crippen LogP contribution in [0.2, 0.25) is 0 Å². The van der Waals surface area contributed by atoms with Crippen LogP contribution in [0.5, 0.6) is 0 Å². The molecule has 0 aliphatic heterocycles. The molecule has 0 atom stereocenters. The number of aromatic amines is 1. The van der Waals surface area contributed by atoms with E-state index in [9.17, 15) is 4.79 Å². The maximum absolute atomic E-state index is 12.0. The lowest BCUT2D eigenvalue weighted by molar-refractivity contribution is 0.0467. The number of fused-ring (bicyclic) bond motifs is 1. The molecule has 3 aromatic rings. The number of pyridine rings is 1. The van der Waals surface area contributed by atoms with Crippen molar-refractivity contribution in [1.29, 1.82) is 0 Å². The highest BCUT2D eigenvalue weighted by molar-refractivity contribution is 5.87. The van der Waals surface area contributed by atoms with Gasteiger partial charge in [-0.25, -0.2) is 4.79 Å². The van der Waals surface area contributed by atoms with Crippen LogP contribution in [0.4, 0.5) is 0 Å². The molecule has 0 saturated carbocycles. The summed E-state index contributed by atoms with van der Waals surface area (Å²) in [6, 6.07) is 11.4. The van der Waals surface area contributed by atoms with Gasteiger partial charge in [-0.2, -0.15) is 5.10 Å². The Morgan fingerprint density at radius 1 is 1.27 bits per heavy atom. The lowest BCUT2D eigenvalue weighted by Gasteiger charge is -2.06. The van der Waals surface area contributed by atoms with Crippen LogP contribution in [-0.2, 0) is 17.8 Å². The van der Waals surface area contributed by atoms with Crippen LogP contribution in [0.1, 0.15) is 35.1 Å². The first-order chi connectivity index (χ1) is 10.8. The number of carbonyl (C=O) groups is 1. The van der Waals surface area contributed by atoms with Gasteiger partial charge in [0.25, 0.3) is 0 Å². The highest BCUT2D eigenvalue weighted by atomic mass is 16.5. The van der Waals surface area contributed by atoms with Crippen molar-refractivity contribution in [2.75, 3.05) is 0 Å². The number of esters is 1. The van der Waals surface area contributed by atoms with Crippen molar-refractivity contribution in [3.63, 3.8) is 0 Å². The number of nitrogens with zero attached hydrogens (tertiary/aromatic N) is 2. The van der Waals surface area contributed by atoms with Crippen LogP contribution in [0, 0.1) is 0 Å². The molecule has 0 saturated heterocycles. The van der Waals surface area contributed by atoms with Gasteiger partial charge in [-0.3, -0.25) is 10.1 Å². The highest BCUT2D eigenvalue weighted by Gasteiger charge is 2.13. The molecule has 0 radical (unpaired) electrons. The number of para-hydroxylation sites is 1. The van der Waals surface area contributed by atoms with Gasteiger partial charge in [0, 0.05) is 22.8 Å². The van der Waals surface area contributed by atoms with E-state index in [1.165, 1.54) is 0 Å². The molecule has 3 rings (SSSR count). The molecule has 0 spiro atoms. The lowest BCUT2D eigenvalue weighted by atomic mass is 10.1. The molecule has 5 nitrogen and oxygen atoms in total. The zero-order chi connectivity index (χ0) is 15.4. The molecule has 1 aromatic carbocycles. The van der Waals surface area contributed by atoms with E-state index in [1.54, 1.807) is 12.3 Å². The molecule has 22 heavy (non-hydrogen) atoms. The van der Waals surface area contributed by atoms with Gasteiger partial charge in [-0.1, -0.05) is 37.6 Å². The molecule has 2 aromatic heterocycles. The Morgan fingerprint density at radius 3 is 3.00 bits per heavy atom. The minimum absolute atomic E-state index is 0.184. The van der Waals surface area contributed by atoms with Crippen LogP contribution in [0.15, 0.2) is 42.6 Å².